The smallest absolute Gasteiger partial charge is 0.141 e. The van der Waals surface area contributed by atoms with E-state index in [1.807, 2.05) is 6.92 Å². The summed E-state index contributed by atoms with van der Waals surface area (Å²) in [5.74, 6) is 0.280. The van der Waals surface area contributed by atoms with Gasteiger partial charge in [0.05, 0.1) is 6.20 Å². The molecule has 1 aromatic heterocycles. The molecule has 2 N–H and O–H groups in total. The summed E-state index contributed by atoms with van der Waals surface area (Å²) in [6.45, 7) is 2.07. The highest BCUT2D eigenvalue weighted by Gasteiger charge is 2.01. The monoisotopic (exact) mass is 184 g/mol. The fraction of sp³-hybridized carbons (Fsp3) is 0.444. The molecule has 0 aliphatic heterocycles. The van der Waals surface area contributed by atoms with Crippen molar-refractivity contribution in [2.24, 2.45) is 0 Å². The van der Waals surface area contributed by atoms with Gasteiger partial charge in [0.1, 0.15) is 11.6 Å². The quantitative estimate of drug-likeness (QED) is 0.743. The molecule has 0 amide bonds. The van der Waals surface area contributed by atoms with Crippen LogP contribution in [-0.2, 0) is 0 Å². The summed E-state index contributed by atoms with van der Waals surface area (Å²) in [7, 11) is 0. The number of halogens is 1. The average Bonchev–Trinajstić information content (AvgIpc) is 2.09. The predicted molar refractivity (Wildman–Crippen MR) is 49.0 cm³/mol. The van der Waals surface area contributed by atoms with Crippen molar-refractivity contribution in [2.75, 3.05) is 11.9 Å². The second-order valence-electron chi connectivity index (χ2n) is 2.92. The molecule has 0 bridgehead atoms. The van der Waals surface area contributed by atoms with Crippen LogP contribution in [0.3, 0.4) is 0 Å². The van der Waals surface area contributed by atoms with Gasteiger partial charge < -0.3 is 10.4 Å². The van der Waals surface area contributed by atoms with Gasteiger partial charge in [0, 0.05) is 12.6 Å². The minimum atomic E-state index is -0.347. The largest absolute Gasteiger partial charge is 0.396 e. The zero-order chi connectivity index (χ0) is 9.68. The van der Waals surface area contributed by atoms with Gasteiger partial charge in [-0.25, -0.2) is 9.37 Å². The maximum Gasteiger partial charge on any atom is 0.141 e. The van der Waals surface area contributed by atoms with Crippen LogP contribution in [0.5, 0.6) is 0 Å². The summed E-state index contributed by atoms with van der Waals surface area (Å²) < 4.78 is 12.4. The molecule has 1 unspecified atom stereocenters. The van der Waals surface area contributed by atoms with Gasteiger partial charge >= 0.3 is 0 Å². The van der Waals surface area contributed by atoms with Crippen LogP contribution in [0.1, 0.15) is 13.3 Å². The van der Waals surface area contributed by atoms with E-state index in [-0.39, 0.29) is 18.5 Å². The normalized spacial score (nSPS) is 12.5. The Morgan fingerprint density at radius 2 is 2.38 bits per heavy atom. The van der Waals surface area contributed by atoms with Crippen molar-refractivity contribution in [3.8, 4) is 0 Å². The van der Waals surface area contributed by atoms with Crippen LogP contribution in [0, 0.1) is 5.82 Å². The van der Waals surface area contributed by atoms with Crippen LogP contribution >= 0.6 is 0 Å². The molecule has 1 atom stereocenters. The highest BCUT2D eigenvalue weighted by Crippen LogP contribution is 2.06. The van der Waals surface area contributed by atoms with Gasteiger partial charge in [0.25, 0.3) is 0 Å². The molecule has 4 heteroatoms. The number of hydrogen-bond donors (Lipinski definition) is 2. The summed E-state index contributed by atoms with van der Waals surface area (Å²) >= 11 is 0. The fourth-order valence-electron chi connectivity index (χ4n) is 0.979. The maximum absolute atomic E-state index is 12.4. The van der Waals surface area contributed by atoms with Gasteiger partial charge in [-0.1, -0.05) is 0 Å². The minimum Gasteiger partial charge on any atom is -0.396 e. The predicted octanol–water partition coefficient (Wildman–Crippen LogP) is 1.40. The Labute approximate surface area is 76.6 Å². The first-order chi connectivity index (χ1) is 6.22. The molecule has 0 saturated heterocycles. The molecular formula is C9H13FN2O. The van der Waals surface area contributed by atoms with Crippen molar-refractivity contribution in [2.45, 2.75) is 19.4 Å². The van der Waals surface area contributed by atoms with Crippen LogP contribution in [0.25, 0.3) is 0 Å². The number of nitrogens with zero attached hydrogens (tertiary/aromatic N) is 1. The molecule has 1 heterocycles. The van der Waals surface area contributed by atoms with Crippen molar-refractivity contribution in [1.82, 2.24) is 4.98 Å². The van der Waals surface area contributed by atoms with Gasteiger partial charge in [0.2, 0.25) is 0 Å². The number of nitrogens with one attached hydrogen (secondary N) is 1. The molecule has 0 aromatic carbocycles. The van der Waals surface area contributed by atoms with Crippen molar-refractivity contribution in [1.29, 1.82) is 0 Å². The van der Waals surface area contributed by atoms with Crippen molar-refractivity contribution < 1.29 is 9.50 Å². The SMILES string of the molecule is CC(CCO)Nc1ccc(F)cn1. The first-order valence-electron chi connectivity index (χ1n) is 4.21. The number of hydrogen-bond acceptors (Lipinski definition) is 3. The second-order valence-corrected chi connectivity index (χ2v) is 2.92. The number of rotatable bonds is 4. The van der Waals surface area contributed by atoms with E-state index in [1.165, 1.54) is 6.07 Å². The van der Waals surface area contributed by atoms with E-state index in [1.54, 1.807) is 6.07 Å². The fourth-order valence-corrected chi connectivity index (χ4v) is 0.979. The van der Waals surface area contributed by atoms with E-state index >= 15 is 0 Å². The zero-order valence-electron chi connectivity index (χ0n) is 7.50. The number of aliphatic hydroxyl groups excluding tert-OH is 1. The number of pyridine rings is 1. The Kier molecular flexibility index (Phi) is 3.64. The van der Waals surface area contributed by atoms with E-state index in [0.29, 0.717) is 12.2 Å². The third-order valence-corrected chi connectivity index (χ3v) is 1.68. The molecule has 0 fully saturated rings. The first-order valence-corrected chi connectivity index (χ1v) is 4.21. The lowest BCUT2D eigenvalue weighted by molar-refractivity contribution is 0.282. The van der Waals surface area contributed by atoms with Gasteiger partial charge in [-0.15, -0.1) is 0 Å². The molecule has 1 rings (SSSR count). The van der Waals surface area contributed by atoms with Gasteiger partial charge in [-0.3, -0.25) is 0 Å². The van der Waals surface area contributed by atoms with E-state index in [2.05, 4.69) is 10.3 Å². The summed E-state index contributed by atoms with van der Waals surface area (Å²) in [4.78, 5) is 3.83. The Bertz CT molecular complexity index is 250. The Hall–Kier alpha value is -1.16. The van der Waals surface area contributed by atoms with Gasteiger partial charge in [-0.05, 0) is 25.5 Å². The van der Waals surface area contributed by atoms with Gasteiger partial charge in [-0.2, -0.15) is 0 Å². The van der Waals surface area contributed by atoms with Crippen molar-refractivity contribution in [3.63, 3.8) is 0 Å². The summed E-state index contributed by atoms with van der Waals surface area (Å²) in [6, 6.07) is 3.06. The molecule has 1 aromatic rings. The van der Waals surface area contributed by atoms with Crippen LogP contribution in [0.2, 0.25) is 0 Å². The van der Waals surface area contributed by atoms with Crippen LogP contribution < -0.4 is 5.32 Å². The Morgan fingerprint density at radius 1 is 1.62 bits per heavy atom. The summed E-state index contributed by atoms with van der Waals surface area (Å²) in [5, 5.41) is 11.7. The Balaban J connectivity index is 2.49. The van der Waals surface area contributed by atoms with Crippen LogP contribution in [0.4, 0.5) is 10.2 Å². The molecule has 13 heavy (non-hydrogen) atoms. The summed E-state index contributed by atoms with van der Waals surface area (Å²) in [6.07, 6.45) is 1.81. The first kappa shape index (κ1) is 9.92. The topological polar surface area (TPSA) is 45.1 Å². The molecule has 3 nitrogen and oxygen atoms in total. The van der Waals surface area contributed by atoms with E-state index in [0.717, 1.165) is 6.20 Å². The molecule has 0 aliphatic rings. The number of aliphatic hydroxyl groups is 1. The number of aromatic nitrogens is 1. The van der Waals surface area contributed by atoms with E-state index in [4.69, 9.17) is 5.11 Å². The lowest BCUT2D eigenvalue weighted by Crippen LogP contribution is -2.17. The zero-order valence-corrected chi connectivity index (χ0v) is 7.50. The standard InChI is InChI=1S/C9H13FN2O/c1-7(4-5-13)12-9-3-2-8(10)6-11-9/h2-3,6-7,13H,4-5H2,1H3,(H,11,12). The molecule has 0 spiro atoms. The van der Waals surface area contributed by atoms with Crippen LogP contribution in [0.15, 0.2) is 18.3 Å². The lowest BCUT2D eigenvalue weighted by atomic mass is 10.2. The highest BCUT2D eigenvalue weighted by molar-refractivity contribution is 5.34. The third-order valence-electron chi connectivity index (χ3n) is 1.68. The number of anilines is 1. The maximum atomic E-state index is 12.4. The molecule has 0 saturated carbocycles. The van der Waals surface area contributed by atoms with Crippen LogP contribution in [-0.4, -0.2) is 22.7 Å². The minimum absolute atomic E-state index is 0.134. The molecular weight excluding hydrogens is 171 g/mol. The average molecular weight is 184 g/mol. The second kappa shape index (κ2) is 4.77. The lowest BCUT2D eigenvalue weighted by Gasteiger charge is -2.12. The molecule has 0 aliphatic carbocycles. The van der Waals surface area contributed by atoms with Crippen molar-refractivity contribution >= 4 is 5.82 Å². The molecule has 0 radical (unpaired) electrons. The van der Waals surface area contributed by atoms with E-state index in [9.17, 15) is 4.39 Å². The van der Waals surface area contributed by atoms with Crippen molar-refractivity contribution in [3.05, 3.63) is 24.1 Å². The summed E-state index contributed by atoms with van der Waals surface area (Å²) in [5.41, 5.74) is 0. The third kappa shape index (κ3) is 3.38. The van der Waals surface area contributed by atoms with E-state index < -0.39 is 0 Å². The molecule has 72 valence electrons. The highest BCUT2D eigenvalue weighted by atomic mass is 19.1. The van der Waals surface area contributed by atoms with Gasteiger partial charge in [0.15, 0.2) is 0 Å². The Morgan fingerprint density at radius 3 is 2.92 bits per heavy atom.